The van der Waals surface area contributed by atoms with Gasteiger partial charge in [-0.25, -0.2) is 4.98 Å². The van der Waals surface area contributed by atoms with Crippen molar-refractivity contribution in [1.82, 2.24) is 9.88 Å². The lowest BCUT2D eigenvalue weighted by Gasteiger charge is -2.19. The molecule has 2 N–H and O–H groups in total. The molecular formula is C14H21N3O2S2. The molecule has 0 bridgehead atoms. The minimum absolute atomic E-state index is 0.186. The maximum Gasteiger partial charge on any atom is 0.233 e. The molecule has 0 spiro atoms. The molecule has 1 aromatic rings. The first kappa shape index (κ1) is 16.3. The summed E-state index contributed by atoms with van der Waals surface area (Å²) < 4.78 is 0.840. The van der Waals surface area contributed by atoms with E-state index in [1.54, 1.807) is 0 Å². The maximum atomic E-state index is 12.2. The molecule has 2 amide bonds. The van der Waals surface area contributed by atoms with Gasteiger partial charge in [-0.1, -0.05) is 24.6 Å². The van der Waals surface area contributed by atoms with E-state index in [-0.39, 0.29) is 18.2 Å². The highest BCUT2D eigenvalue weighted by Crippen LogP contribution is 2.28. The van der Waals surface area contributed by atoms with Gasteiger partial charge in [0.2, 0.25) is 11.8 Å². The molecule has 0 unspecified atom stereocenters. The number of rotatable bonds is 5. The van der Waals surface area contributed by atoms with Gasteiger partial charge in [-0.2, -0.15) is 0 Å². The molecule has 0 aromatic carbocycles. The Kier molecular flexibility index (Phi) is 6.05. The molecule has 0 radical (unpaired) electrons. The van der Waals surface area contributed by atoms with Crippen LogP contribution in [0.25, 0.3) is 0 Å². The zero-order valence-electron chi connectivity index (χ0n) is 12.3. The van der Waals surface area contributed by atoms with Crippen molar-refractivity contribution in [3.05, 3.63) is 10.6 Å². The third-order valence-electron chi connectivity index (χ3n) is 3.49. The molecule has 0 atom stereocenters. The van der Waals surface area contributed by atoms with Crippen LogP contribution in [0.2, 0.25) is 0 Å². The number of nitrogens with two attached hydrogens (primary N) is 1. The van der Waals surface area contributed by atoms with Crippen LogP contribution in [0.1, 0.15) is 36.3 Å². The summed E-state index contributed by atoms with van der Waals surface area (Å²) in [7, 11) is 0. The second-order valence-electron chi connectivity index (χ2n) is 5.22. The molecule has 2 heterocycles. The first-order chi connectivity index (χ1) is 10.1. The van der Waals surface area contributed by atoms with E-state index in [2.05, 4.69) is 4.98 Å². The molecule has 21 heavy (non-hydrogen) atoms. The van der Waals surface area contributed by atoms with Gasteiger partial charge in [0.15, 0.2) is 4.34 Å². The number of primary amides is 1. The lowest BCUT2D eigenvalue weighted by molar-refractivity contribution is -0.128. The summed E-state index contributed by atoms with van der Waals surface area (Å²) in [4.78, 5) is 30.4. The molecule has 0 saturated carbocycles. The monoisotopic (exact) mass is 327 g/mol. The lowest BCUT2D eigenvalue weighted by atomic mass is 10.2. The number of hydrogen-bond acceptors (Lipinski definition) is 5. The molecule has 0 aliphatic carbocycles. The molecular weight excluding hydrogens is 306 g/mol. The van der Waals surface area contributed by atoms with Crippen molar-refractivity contribution in [3.63, 3.8) is 0 Å². The summed E-state index contributed by atoms with van der Waals surface area (Å²) in [6.45, 7) is 3.63. The molecule has 5 nitrogen and oxygen atoms in total. The van der Waals surface area contributed by atoms with Gasteiger partial charge in [-0.15, -0.1) is 11.3 Å². The first-order valence-corrected chi connectivity index (χ1v) is 9.01. The predicted octanol–water partition coefficient (Wildman–Crippen LogP) is 1.97. The number of amides is 2. The standard InChI is InChI=1S/C14H21N3O2S2/c1-10-11(8-12(15)18)21-14(16-10)20-9-13(19)17-6-4-2-3-5-7-17/h2-9H2,1H3,(H2,15,18). The zero-order chi connectivity index (χ0) is 15.2. The van der Waals surface area contributed by atoms with Gasteiger partial charge >= 0.3 is 0 Å². The van der Waals surface area contributed by atoms with Crippen LogP contribution in [0, 0.1) is 6.92 Å². The maximum absolute atomic E-state index is 12.2. The van der Waals surface area contributed by atoms with Crippen LogP contribution in [0.5, 0.6) is 0 Å². The van der Waals surface area contributed by atoms with E-state index in [0.717, 1.165) is 40.8 Å². The van der Waals surface area contributed by atoms with Crippen LogP contribution >= 0.6 is 23.1 Å². The number of thioether (sulfide) groups is 1. The highest BCUT2D eigenvalue weighted by atomic mass is 32.2. The molecule has 1 aromatic heterocycles. The Morgan fingerprint density at radius 2 is 1.95 bits per heavy atom. The number of carbonyl (C=O) groups excluding carboxylic acids is 2. The number of aromatic nitrogens is 1. The fourth-order valence-electron chi connectivity index (χ4n) is 2.32. The van der Waals surface area contributed by atoms with E-state index in [1.165, 1.54) is 35.9 Å². The molecule has 1 aliphatic rings. The second kappa shape index (κ2) is 7.79. The van der Waals surface area contributed by atoms with Crippen molar-refractivity contribution < 1.29 is 9.59 Å². The average molecular weight is 327 g/mol. The molecule has 1 saturated heterocycles. The van der Waals surface area contributed by atoms with Gasteiger partial charge in [0, 0.05) is 18.0 Å². The Morgan fingerprint density at radius 3 is 2.57 bits per heavy atom. The van der Waals surface area contributed by atoms with Gasteiger partial charge in [0.05, 0.1) is 17.9 Å². The molecule has 7 heteroatoms. The van der Waals surface area contributed by atoms with Gasteiger partial charge in [0.1, 0.15) is 0 Å². The minimum Gasteiger partial charge on any atom is -0.369 e. The van der Waals surface area contributed by atoms with E-state index in [0.29, 0.717) is 5.75 Å². The normalized spacial score (nSPS) is 15.8. The quantitative estimate of drug-likeness (QED) is 0.839. The van der Waals surface area contributed by atoms with Crippen LogP contribution in [0.3, 0.4) is 0 Å². The van der Waals surface area contributed by atoms with E-state index in [1.807, 2.05) is 11.8 Å². The first-order valence-electron chi connectivity index (χ1n) is 7.21. The van der Waals surface area contributed by atoms with Gasteiger partial charge in [0.25, 0.3) is 0 Å². The Balaban J connectivity index is 1.87. The summed E-state index contributed by atoms with van der Waals surface area (Å²) >= 11 is 2.92. The van der Waals surface area contributed by atoms with Crippen LogP contribution in [-0.4, -0.2) is 40.5 Å². The Labute approximate surface area is 133 Å². The fourth-order valence-corrected chi connectivity index (χ4v) is 4.47. The Morgan fingerprint density at radius 1 is 1.29 bits per heavy atom. The van der Waals surface area contributed by atoms with Crippen molar-refractivity contribution in [2.45, 2.75) is 43.4 Å². The fraction of sp³-hybridized carbons (Fsp3) is 0.643. The van der Waals surface area contributed by atoms with E-state index in [9.17, 15) is 9.59 Å². The third-order valence-corrected chi connectivity index (χ3v) is 5.77. The Bertz CT molecular complexity index is 508. The van der Waals surface area contributed by atoms with Gasteiger partial charge in [-0.05, 0) is 19.8 Å². The van der Waals surface area contributed by atoms with Crippen LogP contribution in [0.15, 0.2) is 4.34 Å². The largest absolute Gasteiger partial charge is 0.369 e. The summed E-state index contributed by atoms with van der Waals surface area (Å²) in [5.74, 6) is 0.258. The lowest BCUT2D eigenvalue weighted by Crippen LogP contribution is -2.33. The van der Waals surface area contributed by atoms with Gasteiger partial charge in [-0.3, -0.25) is 9.59 Å². The Hall–Kier alpha value is -1.08. The van der Waals surface area contributed by atoms with Crippen molar-refractivity contribution >= 4 is 34.9 Å². The summed E-state index contributed by atoms with van der Waals surface area (Å²) in [5.41, 5.74) is 6.05. The van der Waals surface area contributed by atoms with E-state index < -0.39 is 0 Å². The highest BCUT2D eigenvalue weighted by Gasteiger charge is 2.17. The number of hydrogen-bond donors (Lipinski definition) is 1. The van der Waals surface area contributed by atoms with Crippen molar-refractivity contribution in [1.29, 1.82) is 0 Å². The predicted molar refractivity (Wildman–Crippen MR) is 85.5 cm³/mol. The molecule has 2 rings (SSSR count). The highest BCUT2D eigenvalue weighted by molar-refractivity contribution is 8.01. The second-order valence-corrected chi connectivity index (χ2v) is 7.52. The molecule has 116 valence electrons. The van der Waals surface area contributed by atoms with E-state index >= 15 is 0 Å². The van der Waals surface area contributed by atoms with Crippen molar-refractivity contribution in [3.8, 4) is 0 Å². The zero-order valence-corrected chi connectivity index (χ0v) is 13.9. The number of likely N-dealkylation sites (tertiary alicyclic amines) is 1. The molecule has 1 fully saturated rings. The molecule has 1 aliphatic heterocycles. The SMILES string of the molecule is Cc1nc(SCC(=O)N2CCCCCC2)sc1CC(N)=O. The van der Waals surface area contributed by atoms with Crippen molar-refractivity contribution in [2.75, 3.05) is 18.8 Å². The summed E-state index contributed by atoms with van der Waals surface area (Å²) in [6, 6.07) is 0. The smallest absolute Gasteiger partial charge is 0.233 e. The third kappa shape index (κ3) is 5.00. The van der Waals surface area contributed by atoms with Crippen LogP contribution < -0.4 is 5.73 Å². The summed E-state index contributed by atoms with van der Waals surface area (Å²) in [6.07, 6.45) is 4.88. The summed E-state index contributed by atoms with van der Waals surface area (Å²) in [5, 5.41) is 0. The minimum atomic E-state index is -0.348. The average Bonchev–Trinajstić information content (AvgIpc) is 2.67. The van der Waals surface area contributed by atoms with Gasteiger partial charge < -0.3 is 10.6 Å². The number of thiazole rings is 1. The van der Waals surface area contributed by atoms with E-state index in [4.69, 9.17) is 5.73 Å². The topological polar surface area (TPSA) is 76.3 Å². The number of nitrogens with zero attached hydrogens (tertiary/aromatic N) is 2. The van der Waals surface area contributed by atoms with Crippen LogP contribution in [-0.2, 0) is 16.0 Å². The number of carbonyl (C=O) groups is 2. The van der Waals surface area contributed by atoms with Crippen molar-refractivity contribution in [2.24, 2.45) is 5.73 Å². The van der Waals surface area contributed by atoms with Crippen LogP contribution in [0.4, 0.5) is 0 Å². The number of aryl methyl sites for hydroxylation is 1.